The molecule has 0 aromatic heterocycles. The van der Waals surface area contributed by atoms with Crippen LogP contribution >= 0.6 is 0 Å². The van der Waals surface area contributed by atoms with Gasteiger partial charge < -0.3 is 23.8 Å². The fraction of sp³-hybridized carbons (Fsp3) is 0.652. The minimum atomic E-state index is -0.698. The van der Waals surface area contributed by atoms with E-state index in [0.29, 0.717) is 31.6 Å². The Morgan fingerprint density at radius 2 is 1.50 bits per heavy atom. The van der Waals surface area contributed by atoms with Crippen LogP contribution in [0.3, 0.4) is 0 Å². The van der Waals surface area contributed by atoms with Gasteiger partial charge in [0.25, 0.3) is 5.91 Å². The van der Waals surface area contributed by atoms with Crippen LogP contribution < -0.4 is 5.46 Å². The van der Waals surface area contributed by atoms with Gasteiger partial charge >= 0.3 is 13.2 Å². The van der Waals surface area contributed by atoms with Crippen molar-refractivity contribution in [1.29, 1.82) is 0 Å². The van der Waals surface area contributed by atoms with Crippen molar-refractivity contribution < 1.29 is 28.0 Å². The number of nitrogens with zero attached hydrogens (tertiary/aromatic N) is 2. The molecule has 0 aliphatic carbocycles. The summed E-state index contributed by atoms with van der Waals surface area (Å²) in [5.41, 5.74) is -0.350. The predicted molar refractivity (Wildman–Crippen MR) is 121 cm³/mol. The van der Waals surface area contributed by atoms with E-state index in [1.165, 1.54) is 6.07 Å². The van der Waals surface area contributed by atoms with Crippen molar-refractivity contribution in [3.8, 4) is 0 Å². The number of benzene rings is 1. The molecule has 2 fully saturated rings. The van der Waals surface area contributed by atoms with Crippen LogP contribution in [-0.2, 0) is 14.0 Å². The highest BCUT2D eigenvalue weighted by Crippen LogP contribution is 2.36. The number of hydrogen-bond acceptors (Lipinski definition) is 5. The minimum absolute atomic E-state index is 0.00786. The molecule has 0 N–H and O–H groups in total. The SMILES string of the molecule is Cc1cc(C(=O)N2CCN(C(=O)OC(C)(C)C)CC2)c(F)cc1B1OC(C)(C)C(C)(C)O1. The maximum Gasteiger partial charge on any atom is 0.495 e. The zero-order valence-electron chi connectivity index (χ0n) is 20.4. The van der Waals surface area contributed by atoms with Gasteiger partial charge in [-0.1, -0.05) is 5.56 Å². The summed E-state index contributed by atoms with van der Waals surface area (Å²) in [5.74, 6) is -1.00. The Labute approximate surface area is 190 Å². The van der Waals surface area contributed by atoms with Crippen LogP contribution in [-0.4, -0.2) is 71.9 Å². The van der Waals surface area contributed by atoms with E-state index in [9.17, 15) is 9.59 Å². The van der Waals surface area contributed by atoms with Crippen molar-refractivity contribution >= 4 is 24.6 Å². The molecule has 0 radical (unpaired) electrons. The predicted octanol–water partition coefficient (Wildman–Crippen LogP) is 3.13. The van der Waals surface area contributed by atoms with E-state index in [1.54, 1.807) is 15.9 Å². The van der Waals surface area contributed by atoms with Gasteiger partial charge in [0.1, 0.15) is 11.4 Å². The molecule has 1 aromatic rings. The van der Waals surface area contributed by atoms with Crippen LogP contribution in [0.1, 0.15) is 64.4 Å². The van der Waals surface area contributed by atoms with Crippen LogP contribution in [0.15, 0.2) is 12.1 Å². The molecule has 1 aromatic carbocycles. The summed E-state index contributed by atoms with van der Waals surface area (Å²) in [6.07, 6.45) is -0.404. The van der Waals surface area contributed by atoms with Crippen molar-refractivity contribution in [2.45, 2.75) is 72.2 Å². The summed E-state index contributed by atoms with van der Waals surface area (Å²) >= 11 is 0. The Balaban J connectivity index is 1.70. The van der Waals surface area contributed by atoms with Crippen molar-refractivity contribution in [3.05, 3.63) is 29.1 Å². The van der Waals surface area contributed by atoms with Gasteiger partial charge in [0.05, 0.1) is 16.8 Å². The number of carbonyl (C=O) groups is 2. The number of carbonyl (C=O) groups excluding carboxylic acids is 2. The molecule has 2 heterocycles. The Hall–Kier alpha value is -2.13. The van der Waals surface area contributed by atoms with Crippen molar-refractivity contribution in [2.24, 2.45) is 0 Å². The van der Waals surface area contributed by atoms with E-state index in [2.05, 4.69) is 0 Å². The topological polar surface area (TPSA) is 68.3 Å². The van der Waals surface area contributed by atoms with E-state index >= 15 is 4.39 Å². The summed E-state index contributed by atoms with van der Waals surface area (Å²) in [6, 6.07) is 2.89. The third-order valence-corrected chi connectivity index (χ3v) is 6.31. The zero-order chi connectivity index (χ0) is 24.1. The van der Waals surface area contributed by atoms with Crippen LogP contribution in [0.2, 0.25) is 0 Å². The van der Waals surface area contributed by atoms with Gasteiger partial charge in [0.2, 0.25) is 0 Å². The largest absolute Gasteiger partial charge is 0.495 e. The molecule has 0 saturated carbocycles. The molecule has 9 heteroatoms. The Morgan fingerprint density at radius 3 is 2.00 bits per heavy atom. The van der Waals surface area contributed by atoms with E-state index < -0.39 is 41.7 Å². The minimum Gasteiger partial charge on any atom is -0.444 e. The first-order chi connectivity index (χ1) is 14.6. The second kappa shape index (κ2) is 8.34. The van der Waals surface area contributed by atoms with E-state index in [0.717, 1.165) is 5.56 Å². The number of halogens is 1. The van der Waals surface area contributed by atoms with Gasteiger partial charge in [-0.3, -0.25) is 4.79 Å². The molecule has 2 amide bonds. The van der Waals surface area contributed by atoms with Crippen molar-refractivity contribution in [2.75, 3.05) is 26.2 Å². The third kappa shape index (κ3) is 4.93. The number of hydrogen-bond donors (Lipinski definition) is 0. The smallest absolute Gasteiger partial charge is 0.444 e. The molecule has 2 saturated heterocycles. The normalized spacial score (nSPS) is 20.5. The first-order valence-corrected chi connectivity index (χ1v) is 11.0. The standard InChI is InChI=1S/C23H34BFN2O5/c1-15-13-16(18(25)14-17(15)24-31-22(5,6)23(7,8)32-24)19(28)26-9-11-27(12-10-26)20(29)30-21(2,3)4/h13-14H,9-12H2,1-8H3. The highest BCUT2D eigenvalue weighted by molar-refractivity contribution is 6.62. The molecular weight excluding hydrogens is 414 g/mol. The van der Waals surface area contributed by atoms with Crippen LogP contribution in [0, 0.1) is 12.7 Å². The molecule has 3 rings (SSSR count). The van der Waals surface area contributed by atoms with Gasteiger partial charge in [0, 0.05) is 26.2 Å². The lowest BCUT2D eigenvalue weighted by Gasteiger charge is -2.35. The monoisotopic (exact) mass is 448 g/mol. The second-order valence-corrected chi connectivity index (χ2v) is 10.5. The van der Waals surface area contributed by atoms with Gasteiger partial charge in [-0.05, 0) is 73.0 Å². The first-order valence-electron chi connectivity index (χ1n) is 11.0. The molecule has 0 unspecified atom stereocenters. The number of aryl methyl sites for hydroxylation is 1. The lowest BCUT2D eigenvalue weighted by molar-refractivity contribution is 0.00578. The molecule has 176 valence electrons. The van der Waals surface area contributed by atoms with E-state index in [1.807, 2.05) is 55.4 Å². The fourth-order valence-corrected chi connectivity index (χ4v) is 3.67. The molecule has 32 heavy (non-hydrogen) atoms. The fourth-order valence-electron chi connectivity index (χ4n) is 3.67. The van der Waals surface area contributed by atoms with E-state index in [-0.39, 0.29) is 5.56 Å². The molecule has 0 bridgehead atoms. The van der Waals surface area contributed by atoms with Crippen LogP contribution in [0.5, 0.6) is 0 Å². The lowest BCUT2D eigenvalue weighted by Crippen LogP contribution is -2.51. The summed E-state index contributed by atoms with van der Waals surface area (Å²) in [6.45, 7) is 16.3. The highest BCUT2D eigenvalue weighted by Gasteiger charge is 2.52. The number of ether oxygens (including phenoxy) is 1. The maximum absolute atomic E-state index is 15.0. The van der Waals surface area contributed by atoms with Crippen LogP contribution in [0.4, 0.5) is 9.18 Å². The van der Waals surface area contributed by atoms with Crippen LogP contribution in [0.25, 0.3) is 0 Å². The summed E-state index contributed by atoms with van der Waals surface area (Å²) in [4.78, 5) is 28.4. The van der Waals surface area contributed by atoms with Gasteiger partial charge in [-0.2, -0.15) is 0 Å². The van der Waals surface area contributed by atoms with Crippen molar-refractivity contribution in [1.82, 2.24) is 9.80 Å². The lowest BCUT2D eigenvalue weighted by atomic mass is 9.75. The van der Waals surface area contributed by atoms with Gasteiger partial charge in [-0.25, -0.2) is 9.18 Å². The summed E-state index contributed by atoms with van der Waals surface area (Å²) in [7, 11) is -0.698. The molecule has 0 spiro atoms. The molecule has 0 atom stereocenters. The van der Waals surface area contributed by atoms with E-state index in [4.69, 9.17) is 14.0 Å². The first kappa shape index (κ1) is 24.5. The summed E-state index contributed by atoms with van der Waals surface area (Å²) in [5, 5.41) is 0. The second-order valence-electron chi connectivity index (χ2n) is 10.5. The number of rotatable bonds is 2. The molecule has 7 nitrogen and oxygen atoms in total. The Morgan fingerprint density at radius 1 is 1.00 bits per heavy atom. The molecule has 2 aliphatic heterocycles. The van der Waals surface area contributed by atoms with Crippen molar-refractivity contribution in [3.63, 3.8) is 0 Å². The number of amides is 2. The number of piperazine rings is 1. The molecule has 2 aliphatic rings. The van der Waals surface area contributed by atoms with Gasteiger partial charge in [-0.15, -0.1) is 0 Å². The highest BCUT2D eigenvalue weighted by atomic mass is 19.1. The third-order valence-electron chi connectivity index (χ3n) is 6.31. The Bertz CT molecular complexity index is 888. The average molecular weight is 448 g/mol. The molecular formula is C23H34BFN2O5. The zero-order valence-corrected chi connectivity index (χ0v) is 20.4. The summed E-state index contributed by atoms with van der Waals surface area (Å²) < 4.78 is 32.5. The van der Waals surface area contributed by atoms with Gasteiger partial charge in [0.15, 0.2) is 0 Å². The Kier molecular flexibility index (Phi) is 6.39. The maximum atomic E-state index is 15.0. The quantitative estimate of drug-likeness (QED) is 0.651. The average Bonchev–Trinajstić information content (AvgIpc) is 2.88.